The van der Waals surface area contributed by atoms with Gasteiger partial charge in [0.05, 0.1) is 5.92 Å². The molecule has 0 saturated heterocycles. The highest BCUT2D eigenvalue weighted by Gasteiger charge is 2.20. The Labute approximate surface area is 129 Å². The standard InChI is InChI=1S/C18H18O2S/c1-2-15(18(19)20)13-9-10-17-14(11-13)8-7-12-5-3-4-6-16(12)21-17/h3-6,9-11,15H,2,7-8H2,1H3,(H,19,20). The SMILES string of the molecule is CCC(C(=O)O)c1ccc2c(c1)CCc1ccccc1S2. The minimum Gasteiger partial charge on any atom is -0.481 e. The van der Waals surface area contributed by atoms with Crippen molar-refractivity contribution in [1.82, 2.24) is 0 Å². The molecule has 0 radical (unpaired) electrons. The predicted octanol–water partition coefficient (Wildman–Crippen LogP) is 4.51. The maximum atomic E-state index is 11.3. The summed E-state index contributed by atoms with van der Waals surface area (Å²) in [6.45, 7) is 1.93. The van der Waals surface area contributed by atoms with Gasteiger partial charge in [0.2, 0.25) is 0 Å². The van der Waals surface area contributed by atoms with E-state index in [0.717, 1.165) is 18.4 Å². The van der Waals surface area contributed by atoms with Gasteiger partial charge in [-0.1, -0.05) is 49.0 Å². The Morgan fingerprint density at radius 3 is 2.62 bits per heavy atom. The molecule has 0 fully saturated rings. The molecule has 1 aliphatic rings. The zero-order chi connectivity index (χ0) is 14.8. The molecule has 1 N–H and O–H groups in total. The largest absolute Gasteiger partial charge is 0.481 e. The van der Waals surface area contributed by atoms with Gasteiger partial charge in [0.25, 0.3) is 0 Å². The molecule has 3 rings (SSSR count). The molecule has 0 saturated carbocycles. The Hall–Kier alpha value is -1.74. The van der Waals surface area contributed by atoms with Crippen LogP contribution >= 0.6 is 11.8 Å². The van der Waals surface area contributed by atoms with Crippen molar-refractivity contribution < 1.29 is 9.90 Å². The first-order valence-corrected chi connectivity index (χ1v) is 8.12. The van der Waals surface area contributed by atoms with E-state index in [0.29, 0.717) is 6.42 Å². The fourth-order valence-corrected chi connectivity index (χ4v) is 3.97. The number of carbonyl (C=O) groups is 1. The molecule has 108 valence electrons. The van der Waals surface area contributed by atoms with E-state index in [4.69, 9.17) is 0 Å². The summed E-state index contributed by atoms with van der Waals surface area (Å²) in [6.07, 6.45) is 2.62. The van der Waals surface area contributed by atoms with Crippen LogP contribution in [0.2, 0.25) is 0 Å². The highest BCUT2D eigenvalue weighted by atomic mass is 32.2. The Balaban J connectivity index is 1.96. The van der Waals surface area contributed by atoms with Crippen molar-refractivity contribution >= 4 is 17.7 Å². The van der Waals surface area contributed by atoms with Crippen LogP contribution in [0.5, 0.6) is 0 Å². The maximum absolute atomic E-state index is 11.3. The van der Waals surface area contributed by atoms with Crippen LogP contribution in [-0.2, 0) is 17.6 Å². The van der Waals surface area contributed by atoms with Crippen molar-refractivity contribution in [3.8, 4) is 0 Å². The molecule has 1 aliphatic heterocycles. The fourth-order valence-electron chi connectivity index (χ4n) is 2.86. The Morgan fingerprint density at radius 2 is 1.86 bits per heavy atom. The molecular formula is C18H18O2S. The summed E-state index contributed by atoms with van der Waals surface area (Å²) < 4.78 is 0. The molecule has 3 heteroatoms. The van der Waals surface area contributed by atoms with Gasteiger partial charge < -0.3 is 5.11 Å². The Bertz CT molecular complexity index is 679. The van der Waals surface area contributed by atoms with Crippen LogP contribution in [0, 0.1) is 0 Å². The van der Waals surface area contributed by atoms with Gasteiger partial charge in [0.15, 0.2) is 0 Å². The summed E-state index contributed by atoms with van der Waals surface area (Å²) in [4.78, 5) is 13.9. The van der Waals surface area contributed by atoms with Crippen molar-refractivity contribution in [2.24, 2.45) is 0 Å². The van der Waals surface area contributed by atoms with Gasteiger partial charge in [-0.3, -0.25) is 4.79 Å². The number of benzene rings is 2. The lowest BCUT2D eigenvalue weighted by Gasteiger charge is -2.13. The lowest BCUT2D eigenvalue weighted by Crippen LogP contribution is -2.10. The van der Waals surface area contributed by atoms with E-state index in [1.165, 1.54) is 20.9 Å². The number of aliphatic carboxylic acids is 1. The predicted molar refractivity (Wildman–Crippen MR) is 85.1 cm³/mol. The monoisotopic (exact) mass is 298 g/mol. The molecule has 1 heterocycles. The topological polar surface area (TPSA) is 37.3 Å². The number of aryl methyl sites for hydroxylation is 2. The Morgan fingerprint density at radius 1 is 1.14 bits per heavy atom. The molecule has 2 aromatic rings. The molecule has 2 aromatic carbocycles. The van der Waals surface area contributed by atoms with E-state index < -0.39 is 11.9 Å². The van der Waals surface area contributed by atoms with Gasteiger partial charge >= 0.3 is 5.97 Å². The second-order valence-electron chi connectivity index (χ2n) is 5.38. The first-order chi connectivity index (χ1) is 10.2. The third-order valence-electron chi connectivity index (χ3n) is 4.05. The number of rotatable bonds is 3. The van der Waals surface area contributed by atoms with Gasteiger partial charge in [-0.25, -0.2) is 0 Å². The van der Waals surface area contributed by atoms with Gasteiger partial charge in [0.1, 0.15) is 0 Å². The molecule has 1 atom stereocenters. The number of hydrogen-bond acceptors (Lipinski definition) is 2. The summed E-state index contributed by atoms with van der Waals surface area (Å²) in [7, 11) is 0. The first kappa shape index (κ1) is 14.2. The molecule has 0 spiro atoms. The highest BCUT2D eigenvalue weighted by Crippen LogP contribution is 2.38. The molecule has 21 heavy (non-hydrogen) atoms. The summed E-state index contributed by atoms with van der Waals surface area (Å²) in [5.41, 5.74) is 3.58. The normalized spacial score (nSPS) is 14.7. The van der Waals surface area contributed by atoms with Crippen molar-refractivity contribution in [1.29, 1.82) is 0 Å². The zero-order valence-corrected chi connectivity index (χ0v) is 12.8. The van der Waals surface area contributed by atoms with Gasteiger partial charge in [-0.15, -0.1) is 0 Å². The van der Waals surface area contributed by atoms with Gasteiger partial charge in [0, 0.05) is 9.79 Å². The van der Waals surface area contributed by atoms with E-state index in [-0.39, 0.29) is 0 Å². The number of fused-ring (bicyclic) bond motifs is 2. The van der Waals surface area contributed by atoms with Crippen LogP contribution in [0.15, 0.2) is 52.3 Å². The van der Waals surface area contributed by atoms with Crippen LogP contribution in [0.25, 0.3) is 0 Å². The molecule has 0 aliphatic carbocycles. The average molecular weight is 298 g/mol. The minimum atomic E-state index is -0.734. The molecule has 0 amide bonds. The van der Waals surface area contributed by atoms with E-state index >= 15 is 0 Å². The van der Waals surface area contributed by atoms with E-state index in [2.05, 4.69) is 36.4 Å². The average Bonchev–Trinajstić information content (AvgIpc) is 2.66. The van der Waals surface area contributed by atoms with E-state index in [1.54, 1.807) is 11.8 Å². The van der Waals surface area contributed by atoms with Crippen LogP contribution in [0.4, 0.5) is 0 Å². The zero-order valence-electron chi connectivity index (χ0n) is 12.0. The number of hydrogen-bond donors (Lipinski definition) is 1. The van der Waals surface area contributed by atoms with E-state index in [9.17, 15) is 9.90 Å². The van der Waals surface area contributed by atoms with E-state index in [1.807, 2.05) is 13.0 Å². The lowest BCUT2D eigenvalue weighted by atomic mass is 9.93. The van der Waals surface area contributed by atoms with Crippen molar-refractivity contribution in [2.45, 2.75) is 41.9 Å². The molecule has 1 unspecified atom stereocenters. The molecule has 0 aromatic heterocycles. The van der Waals surface area contributed by atoms with Crippen molar-refractivity contribution in [3.05, 3.63) is 59.2 Å². The molecular weight excluding hydrogens is 280 g/mol. The lowest BCUT2D eigenvalue weighted by molar-refractivity contribution is -0.138. The maximum Gasteiger partial charge on any atom is 0.310 e. The second-order valence-corrected chi connectivity index (χ2v) is 6.46. The minimum absolute atomic E-state index is 0.397. The van der Waals surface area contributed by atoms with Crippen molar-refractivity contribution in [3.63, 3.8) is 0 Å². The second kappa shape index (κ2) is 5.94. The summed E-state index contributed by atoms with van der Waals surface area (Å²) in [6, 6.07) is 14.7. The molecule has 0 bridgehead atoms. The Kier molecular flexibility index (Phi) is 4.02. The van der Waals surface area contributed by atoms with Crippen LogP contribution < -0.4 is 0 Å². The van der Waals surface area contributed by atoms with Crippen LogP contribution in [-0.4, -0.2) is 11.1 Å². The van der Waals surface area contributed by atoms with Gasteiger partial charge in [-0.2, -0.15) is 0 Å². The first-order valence-electron chi connectivity index (χ1n) is 7.30. The summed E-state index contributed by atoms with van der Waals surface area (Å²) in [5, 5.41) is 9.32. The fraction of sp³-hybridized carbons (Fsp3) is 0.278. The third-order valence-corrected chi connectivity index (χ3v) is 5.29. The highest BCUT2D eigenvalue weighted by molar-refractivity contribution is 7.99. The third kappa shape index (κ3) is 2.84. The quantitative estimate of drug-likeness (QED) is 0.905. The smallest absolute Gasteiger partial charge is 0.310 e. The molecule has 2 nitrogen and oxygen atoms in total. The number of carboxylic acid groups (broad SMARTS) is 1. The van der Waals surface area contributed by atoms with Crippen molar-refractivity contribution in [2.75, 3.05) is 0 Å². The van der Waals surface area contributed by atoms with Crippen LogP contribution in [0.3, 0.4) is 0 Å². The number of carboxylic acids is 1. The van der Waals surface area contributed by atoms with Crippen LogP contribution in [0.1, 0.15) is 36.0 Å². The summed E-state index contributed by atoms with van der Waals surface area (Å²) >= 11 is 1.79. The van der Waals surface area contributed by atoms with Gasteiger partial charge in [-0.05, 0) is 48.1 Å². The summed E-state index contributed by atoms with van der Waals surface area (Å²) in [5.74, 6) is -1.13.